The summed E-state index contributed by atoms with van der Waals surface area (Å²) in [5.74, 6) is 2.27. The maximum absolute atomic E-state index is 10.8. The second-order valence-electron chi connectivity index (χ2n) is 4.69. The molecular weight excluding hydrogens is 232 g/mol. The summed E-state index contributed by atoms with van der Waals surface area (Å²) in [6, 6.07) is 0.387. The van der Waals surface area contributed by atoms with Gasteiger partial charge in [0.05, 0.1) is 5.75 Å². The first-order valence-electron chi connectivity index (χ1n) is 5.13. The minimum Gasteiger partial charge on any atom is -0.312 e. The van der Waals surface area contributed by atoms with Gasteiger partial charge in [0, 0.05) is 18.3 Å². The minimum atomic E-state index is -3.33. The highest BCUT2D eigenvalue weighted by molar-refractivity contribution is 7.99. The molecule has 1 rings (SSSR count). The summed E-state index contributed by atoms with van der Waals surface area (Å²) < 4.78 is 21.5. The Balaban J connectivity index is 2.37. The lowest BCUT2D eigenvalue weighted by atomic mass is 9.82. The van der Waals surface area contributed by atoms with E-state index in [1.807, 2.05) is 11.8 Å². The summed E-state index contributed by atoms with van der Waals surface area (Å²) in [6.07, 6.45) is 1.17. The van der Waals surface area contributed by atoms with Crippen LogP contribution >= 0.6 is 11.8 Å². The molecule has 0 radical (unpaired) electrons. The average molecular weight is 252 g/mol. The van der Waals surface area contributed by atoms with E-state index < -0.39 is 10.0 Å². The largest absolute Gasteiger partial charge is 0.312 e. The van der Waals surface area contributed by atoms with E-state index in [1.165, 1.54) is 12.2 Å². The van der Waals surface area contributed by atoms with Crippen LogP contribution in [-0.4, -0.2) is 38.3 Å². The minimum absolute atomic E-state index is 0.0181. The van der Waals surface area contributed by atoms with Gasteiger partial charge in [-0.15, -0.1) is 0 Å². The van der Waals surface area contributed by atoms with Crippen molar-refractivity contribution in [2.75, 3.05) is 23.8 Å². The lowest BCUT2D eigenvalue weighted by molar-refractivity contribution is 0.249. The van der Waals surface area contributed by atoms with Gasteiger partial charge in [-0.2, -0.15) is 11.8 Å². The summed E-state index contributed by atoms with van der Waals surface area (Å²) in [7, 11) is -3.33. The topological polar surface area (TPSA) is 72.2 Å². The van der Waals surface area contributed by atoms with E-state index in [0.717, 1.165) is 5.75 Å². The van der Waals surface area contributed by atoms with Crippen molar-refractivity contribution in [3.05, 3.63) is 0 Å². The molecule has 1 aliphatic rings. The molecule has 1 atom stereocenters. The van der Waals surface area contributed by atoms with Gasteiger partial charge in [-0.25, -0.2) is 13.6 Å². The number of rotatable bonds is 4. The Hall–Kier alpha value is 0.220. The fourth-order valence-corrected chi connectivity index (χ4v) is 3.69. The monoisotopic (exact) mass is 252 g/mol. The molecule has 0 spiro atoms. The van der Waals surface area contributed by atoms with E-state index in [9.17, 15) is 8.42 Å². The molecule has 90 valence electrons. The van der Waals surface area contributed by atoms with Gasteiger partial charge in [-0.05, 0) is 17.6 Å². The lowest BCUT2D eigenvalue weighted by Crippen LogP contribution is -2.48. The Morgan fingerprint density at radius 3 is 2.73 bits per heavy atom. The number of hydrogen-bond donors (Lipinski definition) is 2. The molecule has 0 saturated carbocycles. The van der Waals surface area contributed by atoms with Crippen LogP contribution in [0.4, 0.5) is 0 Å². The quantitative estimate of drug-likeness (QED) is 0.759. The first-order valence-corrected chi connectivity index (χ1v) is 8.00. The van der Waals surface area contributed by atoms with Gasteiger partial charge in [0.25, 0.3) is 0 Å². The highest BCUT2D eigenvalue weighted by Gasteiger charge is 2.31. The van der Waals surface area contributed by atoms with Crippen LogP contribution in [-0.2, 0) is 10.0 Å². The normalized spacial score (nSPS) is 26.5. The van der Waals surface area contributed by atoms with Crippen molar-refractivity contribution in [3.63, 3.8) is 0 Å². The molecule has 0 aliphatic carbocycles. The van der Waals surface area contributed by atoms with E-state index in [2.05, 4.69) is 19.2 Å². The Morgan fingerprint density at radius 2 is 2.20 bits per heavy atom. The summed E-state index contributed by atoms with van der Waals surface area (Å²) in [5, 5.41) is 8.23. The first-order chi connectivity index (χ1) is 6.81. The molecule has 1 fully saturated rings. The van der Waals surface area contributed by atoms with E-state index in [-0.39, 0.29) is 11.2 Å². The first kappa shape index (κ1) is 13.3. The summed E-state index contributed by atoms with van der Waals surface area (Å²) >= 11 is 1.92. The summed E-state index contributed by atoms with van der Waals surface area (Å²) in [6.45, 7) is 4.90. The van der Waals surface area contributed by atoms with Crippen LogP contribution in [0.2, 0.25) is 0 Å². The van der Waals surface area contributed by atoms with Crippen molar-refractivity contribution in [3.8, 4) is 0 Å². The molecule has 0 aromatic carbocycles. The summed E-state index contributed by atoms with van der Waals surface area (Å²) in [5.41, 5.74) is 0.254. The van der Waals surface area contributed by atoms with Crippen LogP contribution < -0.4 is 10.5 Å². The van der Waals surface area contributed by atoms with Gasteiger partial charge in [0.1, 0.15) is 0 Å². The van der Waals surface area contributed by atoms with Crippen LogP contribution in [0.15, 0.2) is 0 Å². The van der Waals surface area contributed by atoms with E-state index in [1.54, 1.807) is 0 Å². The molecule has 1 saturated heterocycles. The number of nitrogens with one attached hydrogen (secondary N) is 1. The molecule has 0 aromatic heterocycles. The fourth-order valence-electron chi connectivity index (χ4n) is 1.65. The zero-order valence-electron chi connectivity index (χ0n) is 9.32. The highest BCUT2D eigenvalue weighted by Crippen LogP contribution is 2.33. The van der Waals surface area contributed by atoms with Crippen LogP contribution in [0, 0.1) is 5.41 Å². The zero-order chi connectivity index (χ0) is 11.5. The molecule has 1 aliphatic heterocycles. The molecule has 1 unspecified atom stereocenters. The van der Waals surface area contributed by atoms with Gasteiger partial charge in [0.15, 0.2) is 0 Å². The van der Waals surface area contributed by atoms with Crippen molar-refractivity contribution in [2.24, 2.45) is 10.6 Å². The van der Waals surface area contributed by atoms with Crippen LogP contribution in [0.25, 0.3) is 0 Å². The number of nitrogens with two attached hydrogens (primary N) is 1. The molecule has 0 aromatic rings. The van der Waals surface area contributed by atoms with Gasteiger partial charge >= 0.3 is 0 Å². The predicted octanol–water partition coefficient (Wildman–Crippen LogP) is 0.396. The Kier molecular flexibility index (Phi) is 4.46. The van der Waals surface area contributed by atoms with Crippen molar-refractivity contribution in [2.45, 2.75) is 26.3 Å². The number of sulfonamides is 1. The molecular formula is C9H20N2O2S2. The Morgan fingerprint density at radius 1 is 1.53 bits per heavy atom. The average Bonchev–Trinajstić information content (AvgIpc) is 2.05. The molecule has 4 nitrogen and oxygen atoms in total. The SMILES string of the molecule is CC1(C)CCSCC1NCCS(N)(=O)=O. The zero-order valence-corrected chi connectivity index (χ0v) is 11.0. The van der Waals surface area contributed by atoms with E-state index in [4.69, 9.17) is 5.14 Å². The molecule has 15 heavy (non-hydrogen) atoms. The van der Waals surface area contributed by atoms with Gasteiger partial charge < -0.3 is 5.32 Å². The maximum Gasteiger partial charge on any atom is 0.210 e. The molecule has 3 N–H and O–H groups in total. The van der Waals surface area contributed by atoms with E-state index >= 15 is 0 Å². The molecule has 1 heterocycles. The van der Waals surface area contributed by atoms with Crippen LogP contribution in [0.5, 0.6) is 0 Å². The molecule has 0 bridgehead atoms. The third-order valence-corrected chi connectivity index (χ3v) is 4.73. The third-order valence-electron chi connectivity index (χ3n) is 2.90. The fraction of sp³-hybridized carbons (Fsp3) is 1.00. The Labute approximate surface area is 96.4 Å². The smallest absolute Gasteiger partial charge is 0.210 e. The maximum atomic E-state index is 10.8. The van der Waals surface area contributed by atoms with Gasteiger partial charge in [-0.3, -0.25) is 0 Å². The van der Waals surface area contributed by atoms with Crippen molar-refractivity contribution < 1.29 is 8.42 Å². The van der Waals surface area contributed by atoms with Crippen LogP contribution in [0.1, 0.15) is 20.3 Å². The highest BCUT2D eigenvalue weighted by atomic mass is 32.2. The van der Waals surface area contributed by atoms with Gasteiger partial charge in [-0.1, -0.05) is 13.8 Å². The molecule has 0 amide bonds. The van der Waals surface area contributed by atoms with Crippen molar-refractivity contribution in [1.29, 1.82) is 0 Å². The number of primary sulfonamides is 1. The van der Waals surface area contributed by atoms with Gasteiger partial charge in [0.2, 0.25) is 10.0 Å². The second-order valence-corrected chi connectivity index (χ2v) is 7.57. The lowest BCUT2D eigenvalue weighted by Gasteiger charge is -2.38. The van der Waals surface area contributed by atoms with E-state index in [0.29, 0.717) is 12.6 Å². The summed E-state index contributed by atoms with van der Waals surface area (Å²) in [4.78, 5) is 0. The number of hydrogen-bond acceptors (Lipinski definition) is 4. The van der Waals surface area contributed by atoms with Crippen molar-refractivity contribution in [1.82, 2.24) is 5.32 Å². The standard InChI is InChI=1S/C9H20N2O2S2/c1-9(2)3-5-14-7-8(9)11-4-6-15(10,12)13/h8,11H,3-7H2,1-2H3,(H2,10,12,13). The predicted molar refractivity (Wildman–Crippen MR) is 65.5 cm³/mol. The Bertz CT molecular complexity index is 301. The third kappa shape index (κ3) is 4.72. The molecule has 6 heteroatoms. The van der Waals surface area contributed by atoms with Crippen molar-refractivity contribution >= 4 is 21.8 Å². The second kappa shape index (κ2) is 5.03. The van der Waals surface area contributed by atoms with Crippen LogP contribution in [0.3, 0.4) is 0 Å². The number of thioether (sulfide) groups is 1.